The molecule has 0 spiro atoms. The molecule has 2 heteroatoms. The highest BCUT2D eigenvalue weighted by molar-refractivity contribution is 9.10. The first-order valence-electron chi connectivity index (χ1n) is 4.76. The van der Waals surface area contributed by atoms with Gasteiger partial charge in [-0.25, -0.2) is 0 Å². The van der Waals surface area contributed by atoms with Crippen molar-refractivity contribution in [2.24, 2.45) is 5.73 Å². The van der Waals surface area contributed by atoms with Crippen LogP contribution in [0, 0.1) is 0 Å². The van der Waals surface area contributed by atoms with E-state index in [4.69, 9.17) is 5.73 Å². The summed E-state index contributed by atoms with van der Waals surface area (Å²) in [6.07, 6.45) is 2.27. The quantitative estimate of drug-likeness (QED) is 0.802. The lowest BCUT2D eigenvalue weighted by Gasteiger charge is -2.07. The summed E-state index contributed by atoms with van der Waals surface area (Å²) in [4.78, 5) is 0. The predicted molar refractivity (Wildman–Crippen MR) is 60.6 cm³/mol. The highest BCUT2D eigenvalue weighted by atomic mass is 79.9. The van der Waals surface area contributed by atoms with Crippen molar-refractivity contribution in [3.8, 4) is 0 Å². The maximum atomic E-state index is 6.00. The van der Waals surface area contributed by atoms with Crippen LogP contribution in [0.4, 0.5) is 0 Å². The fourth-order valence-electron chi connectivity index (χ4n) is 1.21. The van der Waals surface area contributed by atoms with E-state index in [0.29, 0.717) is 0 Å². The van der Waals surface area contributed by atoms with Gasteiger partial charge in [-0.15, -0.1) is 0 Å². The molecule has 0 heterocycles. The van der Waals surface area contributed by atoms with Gasteiger partial charge >= 0.3 is 0 Å². The summed E-state index contributed by atoms with van der Waals surface area (Å²) in [5, 5.41) is 0. The van der Waals surface area contributed by atoms with E-state index in [2.05, 4.69) is 28.1 Å². The predicted octanol–water partition coefficient (Wildman–Crippen LogP) is 3.42. The second kappa shape index (κ2) is 4.25. The van der Waals surface area contributed by atoms with Gasteiger partial charge in [0.25, 0.3) is 0 Å². The van der Waals surface area contributed by atoms with Crippen molar-refractivity contribution in [2.75, 3.05) is 0 Å². The highest BCUT2D eigenvalue weighted by Gasteiger charge is 2.39. The van der Waals surface area contributed by atoms with Gasteiger partial charge in [0.2, 0.25) is 0 Å². The number of hydrogen-bond acceptors (Lipinski definition) is 1. The summed E-state index contributed by atoms with van der Waals surface area (Å²) < 4.78 is 1.12. The van der Waals surface area contributed by atoms with E-state index in [-0.39, 0.29) is 5.54 Å². The third-order valence-electron chi connectivity index (χ3n) is 2.21. The normalized spacial score (nSPS) is 17.2. The lowest BCUT2D eigenvalue weighted by atomic mass is 10.1. The van der Waals surface area contributed by atoms with Gasteiger partial charge in [0.15, 0.2) is 0 Å². The summed E-state index contributed by atoms with van der Waals surface area (Å²) in [6, 6.07) is 8.28. The molecule has 1 aliphatic rings. The van der Waals surface area contributed by atoms with Crippen LogP contribution >= 0.6 is 15.9 Å². The first-order chi connectivity index (χ1) is 6.21. The Labute approximate surface area is 88.5 Å². The first-order valence-corrected chi connectivity index (χ1v) is 5.55. The molecule has 72 valence electrons. The lowest BCUT2D eigenvalue weighted by molar-refractivity contribution is 0.740. The van der Waals surface area contributed by atoms with Crippen molar-refractivity contribution in [1.29, 1.82) is 0 Å². The summed E-state index contributed by atoms with van der Waals surface area (Å²) >= 11 is 3.39. The Morgan fingerprint density at radius 3 is 2.00 bits per heavy atom. The fraction of sp³-hybridized carbons (Fsp3) is 0.455. The molecule has 0 atom stereocenters. The molecule has 0 aliphatic heterocycles. The summed E-state index contributed by atoms with van der Waals surface area (Å²) in [7, 11) is 0. The zero-order valence-corrected chi connectivity index (χ0v) is 9.76. The Hall–Kier alpha value is -0.340. The molecule has 1 aromatic rings. The van der Waals surface area contributed by atoms with E-state index in [1.807, 2.05) is 26.0 Å². The number of nitrogens with two attached hydrogens (primary N) is 1. The molecule has 1 saturated carbocycles. The minimum Gasteiger partial charge on any atom is -0.321 e. The van der Waals surface area contributed by atoms with Crippen molar-refractivity contribution in [1.82, 2.24) is 0 Å². The van der Waals surface area contributed by atoms with Gasteiger partial charge in [-0.3, -0.25) is 0 Å². The molecular formula is C11H16BrN. The van der Waals surface area contributed by atoms with Gasteiger partial charge in [-0.05, 0) is 30.5 Å². The molecule has 13 heavy (non-hydrogen) atoms. The van der Waals surface area contributed by atoms with E-state index >= 15 is 0 Å². The molecule has 2 rings (SSSR count). The monoisotopic (exact) mass is 241 g/mol. The van der Waals surface area contributed by atoms with Gasteiger partial charge < -0.3 is 5.73 Å². The number of halogens is 1. The van der Waals surface area contributed by atoms with Crippen LogP contribution in [0.5, 0.6) is 0 Å². The third kappa shape index (κ3) is 2.55. The molecule has 0 unspecified atom stereocenters. The molecular weight excluding hydrogens is 226 g/mol. The summed E-state index contributed by atoms with van der Waals surface area (Å²) in [5.74, 6) is 0. The number of hydrogen-bond donors (Lipinski definition) is 1. The third-order valence-corrected chi connectivity index (χ3v) is 2.74. The second-order valence-electron chi connectivity index (χ2n) is 3.16. The zero-order chi connectivity index (χ0) is 9.90. The van der Waals surface area contributed by atoms with Crippen LogP contribution in [-0.2, 0) is 5.54 Å². The molecule has 2 N–H and O–H groups in total. The van der Waals surface area contributed by atoms with Crippen molar-refractivity contribution < 1.29 is 0 Å². The van der Waals surface area contributed by atoms with Gasteiger partial charge in [0, 0.05) is 10.0 Å². The molecule has 0 amide bonds. The van der Waals surface area contributed by atoms with Crippen molar-refractivity contribution in [3.05, 3.63) is 34.3 Å². The van der Waals surface area contributed by atoms with E-state index in [0.717, 1.165) is 17.3 Å². The second-order valence-corrected chi connectivity index (χ2v) is 4.08. The number of rotatable bonds is 1. The molecule has 1 aliphatic carbocycles. The smallest absolute Gasteiger partial charge is 0.0411 e. The van der Waals surface area contributed by atoms with Gasteiger partial charge in [-0.2, -0.15) is 0 Å². The first kappa shape index (κ1) is 10.7. The topological polar surface area (TPSA) is 26.0 Å². The van der Waals surface area contributed by atoms with Gasteiger partial charge in [0.05, 0.1) is 0 Å². The summed E-state index contributed by atoms with van der Waals surface area (Å²) in [5.41, 5.74) is 7.28. The van der Waals surface area contributed by atoms with E-state index in [1.165, 1.54) is 5.56 Å². The maximum absolute atomic E-state index is 6.00. The zero-order valence-electron chi connectivity index (χ0n) is 8.18. The van der Waals surface area contributed by atoms with Crippen molar-refractivity contribution in [3.63, 3.8) is 0 Å². The molecule has 0 aromatic heterocycles. The molecule has 0 radical (unpaired) electrons. The average Bonchev–Trinajstić information content (AvgIpc) is 2.89. The Balaban J connectivity index is 0.000000396. The van der Waals surface area contributed by atoms with Crippen LogP contribution in [0.3, 0.4) is 0 Å². The Bertz CT molecular complexity index is 262. The fourth-order valence-corrected chi connectivity index (χ4v) is 1.47. The largest absolute Gasteiger partial charge is 0.321 e. The number of benzene rings is 1. The summed E-state index contributed by atoms with van der Waals surface area (Å²) in [6.45, 7) is 4.00. The van der Waals surface area contributed by atoms with Crippen LogP contribution in [0.15, 0.2) is 28.7 Å². The van der Waals surface area contributed by atoms with E-state index < -0.39 is 0 Å². The van der Waals surface area contributed by atoms with Gasteiger partial charge in [0.1, 0.15) is 0 Å². The minimum atomic E-state index is 0.0146. The van der Waals surface area contributed by atoms with Crippen LogP contribution in [0.2, 0.25) is 0 Å². The average molecular weight is 242 g/mol. The van der Waals surface area contributed by atoms with Crippen LogP contribution in [-0.4, -0.2) is 0 Å². The Morgan fingerprint density at radius 1 is 1.15 bits per heavy atom. The molecule has 0 saturated heterocycles. The lowest BCUT2D eigenvalue weighted by Crippen LogP contribution is -2.18. The molecule has 0 bridgehead atoms. The minimum absolute atomic E-state index is 0.0146. The maximum Gasteiger partial charge on any atom is 0.0411 e. The van der Waals surface area contributed by atoms with Crippen LogP contribution in [0.25, 0.3) is 0 Å². The SMILES string of the molecule is CC.NC1(c2ccc(Br)cc2)CC1. The van der Waals surface area contributed by atoms with Crippen LogP contribution in [0.1, 0.15) is 32.3 Å². The Morgan fingerprint density at radius 2 is 1.62 bits per heavy atom. The van der Waals surface area contributed by atoms with E-state index in [9.17, 15) is 0 Å². The molecule has 1 nitrogen and oxygen atoms in total. The highest BCUT2D eigenvalue weighted by Crippen LogP contribution is 2.42. The van der Waals surface area contributed by atoms with Crippen LogP contribution < -0.4 is 5.73 Å². The van der Waals surface area contributed by atoms with Crippen molar-refractivity contribution >= 4 is 15.9 Å². The molecule has 1 fully saturated rings. The van der Waals surface area contributed by atoms with Gasteiger partial charge in [-0.1, -0.05) is 41.9 Å². The standard InChI is InChI=1S/C9H10BrN.C2H6/c10-8-3-1-7(2-4-8)9(11)5-6-9;1-2/h1-4H,5-6,11H2;1-2H3. The van der Waals surface area contributed by atoms with E-state index in [1.54, 1.807) is 0 Å². The Kier molecular flexibility index (Phi) is 3.51. The molecule has 1 aromatic carbocycles. The van der Waals surface area contributed by atoms with Crippen molar-refractivity contribution in [2.45, 2.75) is 32.2 Å².